The predicted octanol–water partition coefficient (Wildman–Crippen LogP) is 3.35. The highest BCUT2D eigenvalue weighted by Crippen LogP contribution is 2.45. The Morgan fingerprint density at radius 3 is 2.45 bits per heavy atom. The van der Waals surface area contributed by atoms with Crippen LogP contribution >= 0.6 is 0 Å². The van der Waals surface area contributed by atoms with E-state index in [1.165, 1.54) is 0 Å². The summed E-state index contributed by atoms with van der Waals surface area (Å²) < 4.78 is 0. The number of benzene rings is 2. The van der Waals surface area contributed by atoms with Crippen LogP contribution in [0.2, 0.25) is 0 Å². The van der Waals surface area contributed by atoms with E-state index in [9.17, 15) is 14.4 Å². The highest BCUT2D eigenvalue weighted by Gasteiger charge is 2.47. The molecule has 1 unspecified atom stereocenters. The van der Waals surface area contributed by atoms with Gasteiger partial charge < -0.3 is 10.2 Å². The van der Waals surface area contributed by atoms with Gasteiger partial charge in [-0.25, -0.2) is 0 Å². The zero-order valence-electron chi connectivity index (χ0n) is 16.7. The number of carbonyl (C=O) groups is 3. The second-order valence-electron chi connectivity index (χ2n) is 7.93. The third-order valence-corrected chi connectivity index (χ3v) is 5.51. The van der Waals surface area contributed by atoms with E-state index in [1.54, 1.807) is 34.1 Å². The summed E-state index contributed by atoms with van der Waals surface area (Å²) >= 11 is 0. The molecule has 1 atom stereocenters. The van der Waals surface area contributed by atoms with Gasteiger partial charge in [0.15, 0.2) is 0 Å². The van der Waals surface area contributed by atoms with Gasteiger partial charge in [0.25, 0.3) is 11.8 Å². The first-order valence-electron chi connectivity index (χ1n) is 10.1. The lowest BCUT2D eigenvalue weighted by Crippen LogP contribution is -2.49. The van der Waals surface area contributed by atoms with Gasteiger partial charge >= 0.3 is 0 Å². The lowest BCUT2D eigenvalue weighted by atomic mass is 10.0. The molecule has 0 saturated heterocycles. The number of amides is 3. The summed E-state index contributed by atoms with van der Waals surface area (Å²) in [5, 5.41) is 2.92. The molecule has 0 fully saturated rings. The first-order valence-corrected chi connectivity index (χ1v) is 10.1. The fourth-order valence-corrected chi connectivity index (χ4v) is 4.01. The van der Waals surface area contributed by atoms with E-state index in [0.717, 1.165) is 12.0 Å². The number of hydrogen-bond acceptors (Lipinski definition) is 3. The summed E-state index contributed by atoms with van der Waals surface area (Å²) in [5.41, 5.74) is 2.53. The smallest absolute Gasteiger partial charge is 0.260 e. The van der Waals surface area contributed by atoms with Crippen LogP contribution in [0.25, 0.3) is 0 Å². The number of rotatable bonds is 6. The Morgan fingerprint density at radius 2 is 1.69 bits per heavy atom. The SMILES string of the molecule is CC(C)CCNC(=O)CCN1C(=O)c2ccccc2N2C(=O)c3ccccc3C12. The first kappa shape index (κ1) is 19.2. The van der Waals surface area contributed by atoms with E-state index in [4.69, 9.17) is 0 Å². The molecule has 4 rings (SSSR count). The van der Waals surface area contributed by atoms with E-state index >= 15 is 0 Å². The van der Waals surface area contributed by atoms with Crippen LogP contribution in [0.15, 0.2) is 48.5 Å². The zero-order valence-corrected chi connectivity index (χ0v) is 16.7. The normalized spacial score (nSPS) is 17.3. The number of anilines is 1. The molecule has 150 valence electrons. The number of nitrogens with zero attached hydrogens (tertiary/aromatic N) is 2. The van der Waals surface area contributed by atoms with Gasteiger partial charge in [0.05, 0.1) is 11.3 Å². The van der Waals surface area contributed by atoms with E-state index in [-0.39, 0.29) is 30.7 Å². The molecule has 2 aromatic carbocycles. The van der Waals surface area contributed by atoms with Crippen LogP contribution in [-0.2, 0) is 4.79 Å². The molecule has 2 aliphatic heterocycles. The Labute approximate surface area is 170 Å². The van der Waals surface area contributed by atoms with Gasteiger partial charge in [0.1, 0.15) is 6.17 Å². The van der Waals surface area contributed by atoms with E-state index in [2.05, 4.69) is 19.2 Å². The third kappa shape index (κ3) is 3.39. The average molecular weight is 391 g/mol. The van der Waals surface area contributed by atoms with Crippen molar-refractivity contribution in [2.24, 2.45) is 5.92 Å². The van der Waals surface area contributed by atoms with Gasteiger partial charge in [-0.15, -0.1) is 0 Å². The summed E-state index contributed by atoms with van der Waals surface area (Å²) in [6.45, 7) is 5.10. The minimum Gasteiger partial charge on any atom is -0.356 e. The van der Waals surface area contributed by atoms with Gasteiger partial charge in [-0.3, -0.25) is 19.3 Å². The number of carbonyl (C=O) groups excluding carboxylic acids is 3. The van der Waals surface area contributed by atoms with Crippen molar-refractivity contribution in [2.45, 2.75) is 32.9 Å². The van der Waals surface area contributed by atoms with Crippen molar-refractivity contribution in [1.82, 2.24) is 10.2 Å². The van der Waals surface area contributed by atoms with Crippen LogP contribution in [0.1, 0.15) is 59.1 Å². The summed E-state index contributed by atoms with van der Waals surface area (Å²) in [5.74, 6) is 0.171. The van der Waals surface area contributed by atoms with Crippen molar-refractivity contribution in [3.63, 3.8) is 0 Å². The minimum absolute atomic E-state index is 0.0820. The van der Waals surface area contributed by atoms with Crippen molar-refractivity contribution >= 4 is 23.4 Å². The lowest BCUT2D eigenvalue weighted by Gasteiger charge is -2.40. The van der Waals surface area contributed by atoms with Crippen LogP contribution in [-0.4, -0.2) is 35.7 Å². The summed E-state index contributed by atoms with van der Waals surface area (Å²) in [4.78, 5) is 42.0. The quantitative estimate of drug-likeness (QED) is 0.821. The second-order valence-corrected chi connectivity index (χ2v) is 7.93. The Morgan fingerprint density at radius 1 is 1.00 bits per heavy atom. The van der Waals surface area contributed by atoms with E-state index < -0.39 is 6.17 Å². The Balaban J connectivity index is 1.61. The topological polar surface area (TPSA) is 69.7 Å². The van der Waals surface area contributed by atoms with Crippen molar-refractivity contribution in [3.8, 4) is 0 Å². The zero-order chi connectivity index (χ0) is 20.5. The molecule has 2 aliphatic rings. The van der Waals surface area contributed by atoms with Crippen molar-refractivity contribution in [3.05, 3.63) is 65.2 Å². The largest absolute Gasteiger partial charge is 0.356 e. The highest BCUT2D eigenvalue weighted by molar-refractivity contribution is 6.16. The maximum Gasteiger partial charge on any atom is 0.260 e. The van der Waals surface area contributed by atoms with Gasteiger partial charge in [0, 0.05) is 30.6 Å². The van der Waals surface area contributed by atoms with Crippen molar-refractivity contribution in [2.75, 3.05) is 18.0 Å². The lowest BCUT2D eigenvalue weighted by molar-refractivity contribution is -0.121. The fraction of sp³-hybridized carbons (Fsp3) is 0.348. The number of para-hydroxylation sites is 1. The first-order chi connectivity index (χ1) is 14.0. The highest BCUT2D eigenvalue weighted by atomic mass is 16.2. The van der Waals surface area contributed by atoms with Gasteiger partial charge in [-0.05, 0) is 30.5 Å². The van der Waals surface area contributed by atoms with Crippen molar-refractivity contribution in [1.29, 1.82) is 0 Å². The van der Waals surface area contributed by atoms with Crippen LogP contribution in [0, 0.1) is 5.92 Å². The standard InChI is InChI=1S/C23H25N3O3/c1-15(2)11-13-24-20(27)12-14-25-21-16-7-3-4-8-17(16)23(29)26(21)19-10-6-5-9-18(19)22(25)28/h3-10,15,21H,11-14H2,1-2H3,(H,24,27). The molecule has 3 amide bonds. The Hall–Kier alpha value is -3.15. The Bertz CT molecular complexity index is 969. The fourth-order valence-electron chi connectivity index (χ4n) is 4.01. The molecule has 6 heteroatoms. The molecule has 29 heavy (non-hydrogen) atoms. The molecule has 2 aromatic rings. The number of hydrogen-bond donors (Lipinski definition) is 1. The number of nitrogens with one attached hydrogen (secondary N) is 1. The molecule has 0 aromatic heterocycles. The van der Waals surface area contributed by atoms with Gasteiger partial charge in [-0.2, -0.15) is 0 Å². The monoisotopic (exact) mass is 391 g/mol. The molecule has 0 spiro atoms. The van der Waals surface area contributed by atoms with Crippen LogP contribution in [0.3, 0.4) is 0 Å². The summed E-state index contributed by atoms with van der Waals surface area (Å²) in [6.07, 6.45) is 0.608. The van der Waals surface area contributed by atoms with Crippen molar-refractivity contribution < 1.29 is 14.4 Å². The molecule has 2 heterocycles. The molecule has 6 nitrogen and oxygen atoms in total. The third-order valence-electron chi connectivity index (χ3n) is 5.51. The maximum atomic E-state index is 13.2. The van der Waals surface area contributed by atoms with E-state index in [1.807, 2.05) is 24.3 Å². The Kier molecular flexibility index (Phi) is 5.09. The summed E-state index contributed by atoms with van der Waals surface area (Å²) in [6, 6.07) is 14.5. The van der Waals surface area contributed by atoms with Crippen LogP contribution < -0.4 is 10.2 Å². The molecule has 1 N–H and O–H groups in total. The molecule has 0 bridgehead atoms. The minimum atomic E-state index is -0.510. The molecule has 0 saturated carbocycles. The molecular weight excluding hydrogens is 366 g/mol. The molecular formula is C23H25N3O3. The predicted molar refractivity (Wildman–Crippen MR) is 111 cm³/mol. The average Bonchev–Trinajstić information content (AvgIpc) is 3.01. The number of fused-ring (bicyclic) bond motifs is 5. The summed E-state index contributed by atoms with van der Waals surface area (Å²) in [7, 11) is 0. The second kappa shape index (κ2) is 7.70. The van der Waals surface area contributed by atoms with E-state index in [0.29, 0.717) is 29.3 Å². The molecule has 0 aliphatic carbocycles. The molecule has 0 radical (unpaired) electrons. The van der Waals surface area contributed by atoms with Crippen LogP contribution in [0.5, 0.6) is 0 Å². The van der Waals surface area contributed by atoms with Gasteiger partial charge in [0.2, 0.25) is 5.91 Å². The van der Waals surface area contributed by atoms with Gasteiger partial charge in [-0.1, -0.05) is 44.2 Å². The maximum absolute atomic E-state index is 13.2. The van der Waals surface area contributed by atoms with Crippen LogP contribution in [0.4, 0.5) is 5.69 Å².